The number of ether oxygens (including phenoxy) is 1. The van der Waals surface area contributed by atoms with Gasteiger partial charge in [-0.05, 0) is 73.6 Å². The summed E-state index contributed by atoms with van der Waals surface area (Å²) in [4.78, 5) is 5.71. The second-order valence-electron chi connectivity index (χ2n) is 9.68. The molecule has 1 unspecified atom stereocenters. The molecule has 5 rings (SSSR count). The van der Waals surface area contributed by atoms with Gasteiger partial charge in [-0.1, -0.05) is 26.8 Å². The van der Waals surface area contributed by atoms with Gasteiger partial charge in [-0.2, -0.15) is 0 Å². The first-order valence-corrected chi connectivity index (χ1v) is 11.7. The molecule has 4 atom stereocenters. The van der Waals surface area contributed by atoms with Crippen LogP contribution in [0.4, 0.5) is 0 Å². The standard InChI is InChI=1S/C24H34N2OS/c1-14-8-9-17-16-6-5-7-18(22(16)27-23(17)25-14)19-10-11-20-21(26-19)15(13-28-20)12-24(2,3)4/h11,15-16,19,21,26H,5-10,12-13H2,1-4H3/t15-,16?,19-,21-/m1/s1/i1D3,12D2. The van der Waals surface area contributed by atoms with Crippen LogP contribution in [0.2, 0.25) is 0 Å². The fourth-order valence-electron chi connectivity index (χ4n) is 5.31. The molecular formula is C24H34N2OS. The van der Waals surface area contributed by atoms with E-state index in [9.17, 15) is 0 Å². The highest BCUT2D eigenvalue weighted by atomic mass is 32.2. The molecule has 4 aliphatic heterocycles. The third kappa shape index (κ3) is 3.41. The quantitative estimate of drug-likeness (QED) is 0.618. The molecule has 0 aromatic rings. The van der Waals surface area contributed by atoms with Gasteiger partial charge < -0.3 is 10.1 Å². The molecule has 0 aromatic heterocycles. The van der Waals surface area contributed by atoms with Crippen molar-refractivity contribution in [3.63, 3.8) is 0 Å². The van der Waals surface area contributed by atoms with Crippen molar-refractivity contribution in [3.05, 3.63) is 33.8 Å². The van der Waals surface area contributed by atoms with E-state index < -0.39 is 18.6 Å². The molecule has 1 fully saturated rings. The highest BCUT2D eigenvalue weighted by molar-refractivity contribution is 8.03. The number of nitrogens with zero attached hydrogens (tertiary/aromatic N) is 1. The number of thioether (sulfide) groups is 1. The maximum atomic E-state index is 8.89. The minimum absolute atomic E-state index is 0.0284. The van der Waals surface area contributed by atoms with E-state index in [4.69, 9.17) is 11.6 Å². The predicted molar refractivity (Wildman–Crippen MR) is 118 cm³/mol. The van der Waals surface area contributed by atoms with E-state index in [0.29, 0.717) is 18.7 Å². The summed E-state index contributed by atoms with van der Waals surface area (Å²) in [5, 5.41) is 3.83. The van der Waals surface area contributed by atoms with Gasteiger partial charge in [0, 0.05) is 41.9 Å². The van der Waals surface area contributed by atoms with Crippen LogP contribution in [-0.4, -0.2) is 23.5 Å². The van der Waals surface area contributed by atoms with Crippen molar-refractivity contribution in [3.8, 4) is 0 Å². The lowest BCUT2D eigenvalue weighted by molar-refractivity contribution is 0.255. The minimum atomic E-state index is -2.17. The van der Waals surface area contributed by atoms with E-state index in [2.05, 4.69) is 16.4 Å². The Kier molecular flexibility index (Phi) is 3.55. The van der Waals surface area contributed by atoms with Gasteiger partial charge in [0.05, 0.1) is 0 Å². The normalized spacial score (nSPS) is 38.8. The molecule has 0 aromatic carbocycles. The molecule has 4 heteroatoms. The van der Waals surface area contributed by atoms with Crippen LogP contribution in [0.25, 0.3) is 0 Å². The molecule has 3 nitrogen and oxygen atoms in total. The van der Waals surface area contributed by atoms with E-state index in [-0.39, 0.29) is 29.6 Å². The molecule has 0 saturated carbocycles. The van der Waals surface area contributed by atoms with Crippen molar-refractivity contribution in [2.45, 2.75) is 84.6 Å². The lowest BCUT2D eigenvalue weighted by Gasteiger charge is -2.36. The summed E-state index contributed by atoms with van der Waals surface area (Å²) in [6.07, 6.45) is 6.16. The van der Waals surface area contributed by atoms with Crippen molar-refractivity contribution in [1.82, 2.24) is 5.32 Å². The van der Waals surface area contributed by atoms with E-state index >= 15 is 0 Å². The highest BCUT2D eigenvalue weighted by Gasteiger charge is 2.42. The molecule has 1 saturated heterocycles. The molecule has 5 aliphatic rings. The predicted octanol–water partition coefficient (Wildman–Crippen LogP) is 5.95. The Morgan fingerprint density at radius 3 is 3.04 bits per heavy atom. The number of rotatable bonds is 2. The van der Waals surface area contributed by atoms with Gasteiger partial charge in [-0.25, -0.2) is 4.99 Å². The Balaban J connectivity index is 1.42. The summed E-state index contributed by atoms with van der Waals surface area (Å²) >= 11 is 1.80. The molecule has 0 bridgehead atoms. The molecule has 1 N–H and O–H groups in total. The summed E-state index contributed by atoms with van der Waals surface area (Å²) in [6, 6.07) is 0.154. The van der Waals surface area contributed by atoms with Crippen molar-refractivity contribution in [1.29, 1.82) is 0 Å². The molecule has 0 spiro atoms. The summed E-state index contributed by atoms with van der Waals surface area (Å²) in [6.45, 7) is 3.81. The summed E-state index contributed by atoms with van der Waals surface area (Å²) in [5.74, 6) is 2.44. The molecule has 0 amide bonds. The largest absolute Gasteiger partial charge is 0.443 e. The lowest BCUT2D eigenvalue weighted by atomic mass is 9.78. The van der Waals surface area contributed by atoms with Crippen LogP contribution >= 0.6 is 11.8 Å². The minimum Gasteiger partial charge on any atom is -0.443 e. The smallest absolute Gasteiger partial charge is 0.218 e. The second-order valence-corrected chi connectivity index (χ2v) is 10.8. The van der Waals surface area contributed by atoms with Gasteiger partial charge in [0.25, 0.3) is 0 Å². The van der Waals surface area contributed by atoms with Crippen LogP contribution < -0.4 is 5.32 Å². The molecule has 4 heterocycles. The zero-order valence-electron chi connectivity index (χ0n) is 22.1. The number of aliphatic imine (C=N–C) groups is 1. The molecule has 1 aliphatic carbocycles. The van der Waals surface area contributed by atoms with Crippen molar-refractivity contribution in [2.75, 3.05) is 5.75 Å². The van der Waals surface area contributed by atoms with Crippen LogP contribution in [0.15, 0.2) is 38.8 Å². The van der Waals surface area contributed by atoms with Gasteiger partial charge in [0.1, 0.15) is 5.76 Å². The molecular weight excluding hydrogens is 364 g/mol. The Bertz CT molecular complexity index is 972. The van der Waals surface area contributed by atoms with Gasteiger partial charge in [0.15, 0.2) is 0 Å². The average molecular weight is 404 g/mol. The Labute approximate surface area is 181 Å². The maximum Gasteiger partial charge on any atom is 0.218 e. The topological polar surface area (TPSA) is 33.6 Å². The van der Waals surface area contributed by atoms with Crippen molar-refractivity contribution >= 4 is 17.5 Å². The van der Waals surface area contributed by atoms with E-state index in [1.807, 2.05) is 20.8 Å². The molecule has 0 radical (unpaired) electrons. The number of fused-ring (bicyclic) bond motifs is 3. The van der Waals surface area contributed by atoms with Gasteiger partial charge >= 0.3 is 0 Å². The first-order chi connectivity index (χ1) is 15.4. The third-order valence-corrected chi connectivity index (χ3v) is 7.73. The average Bonchev–Trinajstić information content (AvgIpc) is 3.32. The third-order valence-electron chi connectivity index (χ3n) is 6.45. The number of hydrogen-bond acceptors (Lipinski definition) is 4. The van der Waals surface area contributed by atoms with Crippen molar-refractivity contribution < 1.29 is 11.6 Å². The van der Waals surface area contributed by atoms with E-state index in [1.165, 1.54) is 16.1 Å². The Morgan fingerprint density at radius 2 is 2.21 bits per heavy atom. The monoisotopic (exact) mass is 403 g/mol. The number of allylic oxidation sites excluding steroid dienone is 1. The maximum absolute atomic E-state index is 8.89. The second kappa shape index (κ2) is 7.05. The first kappa shape index (κ1) is 14.1. The van der Waals surface area contributed by atoms with E-state index in [1.54, 1.807) is 11.8 Å². The number of nitrogens with one attached hydrogen (secondary N) is 1. The van der Waals surface area contributed by atoms with Gasteiger partial charge in [0.2, 0.25) is 5.88 Å². The van der Waals surface area contributed by atoms with Gasteiger partial charge in [-0.15, -0.1) is 11.8 Å². The fourth-order valence-corrected chi connectivity index (χ4v) is 6.59. The summed E-state index contributed by atoms with van der Waals surface area (Å²) in [5.41, 5.74) is 2.26. The van der Waals surface area contributed by atoms with Crippen LogP contribution in [0.5, 0.6) is 0 Å². The van der Waals surface area contributed by atoms with Crippen LogP contribution in [0.1, 0.15) is 79.4 Å². The number of hydrogen-bond donors (Lipinski definition) is 1. The van der Waals surface area contributed by atoms with E-state index in [0.717, 1.165) is 37.2 Å². The lowest BCUT2D eigenvalue weighted by Crippen LogP contribution is -2.46. The summed E-state index contributed by atoms with van der Waals surface area (Å²) in [7, 11) is 0. The fraction of sp³-hybridized carbons (Fsp3) is 0.708. The zero-order chi connectivity index (χ0) is 23.8. The van der Waals surface area contributed by atoms with Crippen LogP contribution in [-0.2, 0) is 4.74 Å². The Morgan fingerprint density at radius 1 is 1.32 bits per heavy atom. The van der Waals surface area contributed by atoms with Crippen LogP contribution in [0, 0.1) is 17.3 Å². The van der Waals surface area contributed by atoms with Crippen molar-refractivity contribution in [2.24, 2.45) is 22.2 Å². The zero-order valence-corrected chi connectivity index (χ0v) is 17.9. The SMILES string of the molecule is [2H]C([2H])([2H])C1=NC2=C(CC1)C1CCCC([C@H]3CC=C4SC[C@@H](C([2H])([2H])C(C)(C)C)[C@H]4N3)=C1O2. The highest BCUT2D eigenvalue weighted by Crippen LogP contribution is 2.49. The first-order valence-electron chi connectivity index (χ1n) is 13.2. The van der Waals surface area contributed by atoms with Crippen LogP contribution in [0.3, 0.4) is 0 Å². The Hall–Kier alpha value is -1.00. The molecule has 28 heavy (non-hydrogen) atoms. The summed E-state index contributed by atoms with van der Waals surface area (Å²) < 4.78 is 47.3. The molecule has 152 valence electrons. The van der Waals surface area contributed by atoms with Gasteiger partial charge in [-0.3, -0.25) is 0 Å².